The minimum Gasteiger partial charge on any atom is -0.444 e. The summed E-state index contributed by atoms with van der Waals surface area (Å²) in [6.45, 7) is 5.97. The first-order valence-corrected chi connectivity index (χ1v) is 17.1. The number of alkyl carbamates (subject to hydrolysis) is 1. The molecule has 0 bridgehead atoms. The van der Waals surface area contributed by atoms with Gasteiger partial charge in [0.05, 0.1) is 12.2 Å². The van der Waals surface area contributed by atoms with Gasteiger partial charge in [0.25, 0.3) is 0 Å². The lowest BCUT2D eigenvalue weighted by Gasteiger charge is -2.35. The maximum Gasteiger partial charge on any atom is 0.407 e. The number of benzene rings is 1. The average molecular weight is 636 g/mol. The molecule has 3 amide bonds. The number of ether oxygens (including phenoxy) is 2. The van der Waals surface area contributed by atoms with Crippen LogP contribution in [0.5, 0.6) is 0 Å². The maximum absolute atomic E-state index is 13.5. The van der Waals surface area contributed by atoms with Crippen molar-refractivity contribution in [1.29, 1.82) is 0 Å². The molecular formula is C30H41N3O8S2. The molecule has 2 aromatic rings. The second kappa shape index (κ2) is 14.2. The highest BCUT2D eigenvalue weighted by molar-refractivity contribution is 7.92. The second-order valence-electron chi connectivity index (χ2n) is 11.9. The van der Waals surface area contributed by atoms with E-state index in [-0.39, 0.29) is 31.0 Å². The minimum atomic E-state index is -3.63. The Kier molecular flexibility index (Phi) is 10.9. The summed E-state index contributed by atoms with van der Waals surface area (Å²) in [7, 11) is -3.63. The number of sulfone groups is 1. The molecule has 1 unspecified atom stereocenters. The molecule has 2 fully saturated rings. The van der Waals surface area contributed by atoms with Gasteiger partial charge in [0.15, 0.2) is 16.1 Å². The molecule has 4 rings (SSSR count). The number of nitrogens with one attached hydrogen (secondary N) is 3. The van der Waals surface area contributed by atoms with E-state index in [4.69, 9.17) is 14.3 Å². The Hall–Kier alpha value is -3.00. The van der Waals surface area contributed by atoms with Crippen LogP contribution in [0.15, 0.2) is 36.4 Å². The Morgan fingerprint density at radius 3 is 2.60 bits per heavy atom. The lowest BCUT2D eigenvalue weighted by molar-refractivity contribution is -0.200. The number of amides is 3. The Morgan fingerprint density at radius 1 is 1.07 bits per heavy atom. The van der Waals surface area contributed by atoms with Crippen LogP contribution in [0.2, 0.25) is 0 Å². The summed E-state index contributed by atoms with van der Waals surface area (Å²) in [6, 6.07) is 10.9. The quantitative estimate of drug-likeness (QED) is 0.308. The fraction of sp³-hybridized carbons (Fsp3) is 0.567. The SMILES string of the molecule is CC(C)(C)OC(=O)NCCC(=O)Nc1cccc(-c2ccc([C@@]3(CC(=O)NOC4CCCCO4)CCCCS3(=O)=O)s2)c1. The lowest BCUT2D eigenvalue weighted by Crippen LogP contribution is -2.45. The van der Waals surface area contributed by atoms with Crippen LogP contribution in [0.4, 0.5) is 10.5 Å². The standard InChI is InChI=1S/C30H41N3O8S2/c1-29(2,3)40-28(36)31-16-14-25(34)32-22-10-8-9-21(19-22)23-12-13-24(42-23)30(15-5-7-18-43(30,37)38)20-26(35)33-41-27-11-4-6-17-39-27/h8-10,12-13,19,27H,4-7,11,14-18,20H2,1-3H3,(H,31,36)(H,32,34)(H,33,35)/t27?,30-/m0/s1. The Bertz CT molecular complexity index is 1400. The summed E-state index contributed by atoms with van der Waals surface area (Å²) in [6.07, 6.45) is 2.85. The van der Waals surface area contributed by atoms with Crippen LogP contribution in [0, 0.1) is 0 Å². The van der Waals surface area contributed by atoms with E-state index in [1.165, 1.54) is 11.3 Å². The van der Waals surface area contributed by atoms with E-state index in [9.17, 15) is 22.8 Å². The number of anilines is 1. The van der Waals surface area contributed by atoms with Gasteiger partial charge in [0.1, 0.15) is 10.3 Å². The van der Waals surface area contributed by atoms with Gasteiger partial charge in [-0.2, -0.15) is 0 Å². The van der Waals surface area contributed by atoms with Crippen molar-refractivity contribution in [3.63, 3.8) is 0 Å². The summed E-state index contributed by atoms with van der Waals surface area (Å²) in [5, 5.41) is 5.40. The molecule has 13 heteroatoms. The van der Waals surface area contributed by atoms with E-state index < -0.39 is 38.5 Å². The molecular weight excluding hydrogens is 594 g/mol. The van der Waals surface area contributed by atoms with Crippen LogP contribution < -0.4 is 16.1 Å². The van der Waals surface area contributed by atoms with Crippen molar-refractivity contribution >= 4 is 44.8 Å². The molecule has 1 aromatic heterocycles. The van der Waals surface area contributed by atoms with Gasteiger partial charge in [-0.05, 0) is 76.3 Å². The zero-order chi connectivity index (χ0) is 31.1. The third-order valence-electron chi connectivity index (χ3n) is 7.23. The molecule has 0 saturated carbocycles. The number of rotatable bonds is 10. The van der Waals surface area contributed by atoms with Crippen molar-refractivity contribution < 1.29 is 37.1 Å². The van der Waals surface area contributed by atoms with Gasteiger partial charge in [-0.3, -0.25) is 9.59 Å². The van der Waals surface area contributed by atoms with Gasteiger partial charge >= 0.3 is 6.09 Å². The summed E-state index contributed by atoms with van der Waals surface area (Å²) < 4.78 is 36.4. The zero-order valence-corrected chi connectivity index (χ0v) is 26.5. The topological polar surface area (TPSA) is 149 Å². The number of thiophene rings is 1. The predicted molar refractivity (Wildman–Crippen MR) is 164 cm³/mol. The van der Waals surface area contributed by atoms with Crippen LogP contribution in [0.3, 0.4) is 0 Å². The highest BCUT2D eigenvalue weighted by Gasteiger charge is 2.49. The first-order valence-electron chi connectivity index (χ1n) is 14.6. The van der Waals surface area contributed by atoms with Crippen LogP contribution in [0.25, 0.3) is 10.4 Å². The molecule has 0 radical (unpaired) electrons. The molecule has 1 aromatic carbocycles. The normalized spacial score (nSPS) is 21.9. The monoisotopic (exact) mass is 635 g/mol. The molecule has 2 aliphatic heterocycles. The van der Waals surface area contributed by atoms with Crippen LogP contribution >= 0.6 is 11.3 Å². The van der Waals surface area contributed by atoms with Crippen LogP contribution in [-0.4, -0.2) is 57.1 Å². The van der Waals surface area contributed by atoms with Gasteiger partial charge < -0.3 is 20.1 Å². The lowest BCUT2D eigenvalue weighted by atomic mass is 9.94. The summed E-state index contributed by atoms with van der Waals surface area (Å²) in [5.74, 6) is -0.760. The van der Waals surface area contributed by atoms with E-state index in [1.54, 1.807) is 39.0 Å². The third kappa shape index (κ3) is 9.01. The maximum atomic E-state index is 13.5. The van der Waals surface area contributed by atoms with Crippen molar-refractivity contribution in [2.45, 2.75) is 88.8 Å². The van der Waals surface area contributed by atoms with Crippen LogP contribution in [-0.2, 0) is 38.5 Å². The third-order valence-corrected chi connectivity index (χ3v) is 11.3. The Morgan fingerprint density at radius 2 is 1.88 bits per heavy atom. The highest BCUT2D eigenvalue weighted by Crippen LogP contribution is 2.47. The molecule has 236 valence electrons. The van der Waals surface area contributed by atoms with Crippen molar-refractivity contribution in [2.24, 2.45) is 0 Å². The van der Waals surface area contributed by atoms with Gasteiger partial charge in [-0.1, -0.05) is 18.6 Å². The molecule has 3 heterocycles. The van der Waals surface area contributed by atoms with Crippen molar-refractivity contribution in [3.05, 3.63) is 41.3 Å². The molecule has 43 heavy (non-hydrogen) atoms. The molecule has 2 atom stereocenters. The second-order valence-corrected chi connectivity index (χ2v) is 15.4. The van der Waals surface area contributed by atoms with E-state index in [0.717, 1.165) is 23.3 Å². The zero-order valence-electron chi connectivity index (χ0n) is 24.9. The van der Waals surface area contributed by atoms with Gasteiger partial charge in [0.2, 0.25) is 11.8 Å². The first kappa shape index (κ1) is 32.9. The van der Waals surface area contributed by atoms with Gasteiger partial charge in [-0.15, -0.1) is 11.3 Å². The highest BCUT2D eigenvalue weighted by atomic mass is 32.2. The van der Waals surface area contributed by atoms with E-state index in [1.807, 2.05) is 18.2 Å². The molecule has 0 aliphatic carbocycles. The van der Waals surface area contributed by atoms with Gasteiger partial charge in [-0.25, -0.2) is 23.5 Å². The largest absolute Gasteiger partial charge is 0.444 e. The van der Waals surface area contributed by atoms with Crippen LogP contribution in [0.1, 0.15) is 77.0 Å². The van der Waals surface area contributed by atoms with E-state index in [2.05, 4.69) is 16.1 Å². The van der Waals surface area contributed by atoms with Gasteiger partial charge in [0, 0.05) is 41.4 Å². The number of hydrogen-bond donors (Lipinski definition) is 3. The fourth-order valence-corrected chi connectivity index (χ4v) is 8.93. The molecule has 3 N–H and O–H groups in total. The summed E-state index contributed by atoms with van der Waals surface area (Å²) in [4.78, 5) is 44.1. The summed E-state index contributed by atoms with van der Waals surface area (Å²) >= 11 is 1.33. The van der Waals surface area contributed by atoms with E-state index >= 15 is 0 Å². The average Bonchev–Trinajstić information content (AvgIpc) is 3.44. The summed E-state index contributed by atoms with van der Waals surface area (Å²) in [5.41, 5.74) is 3.17. The minimum absolute atomic E-state index is 0.0183. The van der Waals surface area contributed by atoms with Crippen molar-refractivity contribution in [1.82, 2.24) is 10.8 Å². The number of hydroxylamine groups is 1. The number of carbonyl (C=O) groups excluding carboxylic acids is 3. The van der Waals surface area contributed by atoms with Crippen molar-refractivity contribution in [2.75, 3.05) is 24.2 Å². The van der Waals surface area contributed by atoms with Crippen molar-refractivity contribution in [3.8, 4) is 10.4 Å². The molecule has 2 aliphatic rings. The first-order chi connectivity index (χ1) is 20.4. The Balaban J connectivity index is 1.43. The molecule has 0 spiro atoms. The number of carbonyl (C=O) groups is 3. The predicted octanol–water partition coefficient (Wildman–Crippen LogP) is 5.03. The fourth-order valence-electron chi connectivity index (χ4n) is 5.15. The number of hydrogen-bond acceptors (Lipinski definition) is 9. The van der Waals surface area contributed by atoms with E-state index in [0.29, 0.717) is 42.9 Å². The Labute approximate surface area is 256 Å². The molecule has 11 nitrogen and oxygen atoms in total. The smallest absolute Gasteiger partial charge is 0.407 e. The molecule has 2 saturated heterocycles.